The Balaban J connectivity index is 1.52. The fourth-order valence-corrected chi connectivity index (χ4v) is 7.66. The Morgan fingerprint density at radius 1 is 1.34 bits per heavy atom. The Morgan fingerprint density at radius 2 is 2.24 bits per heavy atom. The zero-order valence-electron chi connectivity index (χ0n) is 15.7. The summed E-state index contributed by atoms with van der Waals surface area (Å²) in [6.45, 7) is 2.28. The maximum Gasteiger partial charge on any atom is 0.311 e. The molecule has 2 atom stereocenters. The molecule has 5 rings (SSSR count). The van der Waals surface area contributed by atoms with Gasteiger partial charge in [0, 0.05) is 35.2 Å². The summed E-state index contributed by atoms with van der Waals surface area (Å²) in [5.41, 5.74) is 3.47. The number of anilines is 2. The maximum atomic E-state index is 11.5. The summed E-state index contributed by atoms with van der Waals surface area (Å²) in [6, 6.07) is 11.1. The van der Waals surface area contributed by atoms with Crippen molar-refractivity contribution in [3.8, 4) is 5.82 Å². The van der Waals surface area contributed by atoms with Gasteiger partial charge in [-0.2, -0.15) is 5.10 Å². The molecule has 3 heterocycles. The number of thioether (sulfide) groups is 2. The molecule has 1 unspecified atom stereocenters. The topological polar surface area (TPSA) is 85.9 Å². The predicted molar refractivity (Wildman–Crippen MR) is 117 cm³/mol. The minimum Gasteiger partial charge on any atom is -0.334 e. The molecule has 3 aromatic rings. The number of aromatic nitrogens is 3. The highest BCUT2D eigenvalue weighted by molar-refractivity contribution is 8.21. The number of hydrogen-bond donors (Lipinski definition) is 1. The van der Waals surface area contributed by atoms with Crippen molar-refractivity contribution in [2.45, 2.75) is 29.1 Å². The van der Waals surface area contributed by atoms with Gasteiger partial charge in [-0.3, -0.25) is 10.1 Å². The summed E-state index contributed by atoms with van der Waals surface area (Å²) in [5, 5.41) is 19.5. The minimum absolute atomic E-state index is 0.0608. The fourth-order valence-electron chi connectivity index (χ4n) is 3.93. The molecule has 1 aliphatic heterocycles. The molecule has 148 valence electrons. The standard InChI is InChI=1S/C20H19N5O2S2/c1-13-12-28-20(29-13)8-7-14-3-4-15(11-16(14)20)22-19-17(25(26)27)5-6-18(23-19)24-10-2-9-21-24/h2-6,9-11,13H,7-8,12H2,1H3,(H,22,23)/t13-,20?/m1/s1. The van der Waals surface area contributed by atoms with E-state index in [1.54, 1.807) is 29.2 Å². The maximum absolute atomic E-state index is 11.5. The van der Waals surface area contributed by atoms with E-state index in [0.717, 1.165) is 24.3 Å². The molecule has 2 aliphatic rings. The number of pyridine rings is 1. The van der Waals surface area contributed by atoms with Crippen LogP contribution in [-0.4, -0.2) is 30.7 Å². The molecule has 1 aromatic carbocycles. The SMILES string of the molecule is C[C@@H]1CSC2(CCc3ccc(Nc4nc(-n5cccn5)ccc4[N+](=O)[O-])cc32)S1. The van der Waals surface area contributed by atoms with Crippen molar-refractivity contribution in [3.05, 3.63) is 70.0 Å². The van der Waals surface area contributed by atoms with Gasteiger partial charge in [0.2, 0.25) is 5.82 Å². The Bertz CT molecular complexity index is 1080. The second-order valence-corrected chi connectivity index (χ2v) is 10.5. The average Bonchev–Trinajstić information content (AvgIpc) is 3.44. The highest BCUT2D eigenvalue weighted by atomic mass is 32.2. The lowest BCUT2D eigenvalue weighted by Crippen LogP contribution is -2.10. The normalized spacial score (nSPS) is 22.7. The molecule has 7 nitrogen and oxygen atoms in total. The molecule has 1 saturated heterocycles. The molecule has 0 amide bonds. The van der Waals surface area contributed by atoms with Crippen LogP contribution in [0.4, 0.5) is 17.2 Å². The number of nitro groups is 1. The summed E-state index contributed by atoms with van der Waals surface area (Å²) >= 11 is 4.07. The Labute approximate surface area is 176 Å². The van der Waals surface area contributed by atoms with Gasteiger partial charge >= 0.3 is 5.69 Å². The van der Waals surface area contributed by atoms with Crippen LogP contribution in [0.5, 0.6) is 0 Å². The van der Waals surface area contributed by atoms with Crippen LogP contribution in [-0.2, 0) is 10.5 Å². The van der Waals surface area contributed by atoms with Crippen LogP contribution < -0.4 is 5.32 Å². The highest BCUT2D eigenvalue weighted by Crippen LogP contribution is 2.61. The van der Waals surface area contributed by atoms with E-state index in [-0.39, 0.29) is 15.6 Å². The Morgan fingerprint density at radius 3 is 2.97 bits per heavy atom. The van der Waals surface area contributed by atoms with E-state index in [4.69, 9.17) is 0 Å². The first-order valence-electron chi connectivity index (χ1n) is 9.42. The van der Waals surface area contributed by atoms with Crippen LogP contribution in [0.1, 0.15) is 24.5 Å². The van der Waals surface area contributed by atoms with Crippen LogP contribution in [0.15, 0.2) is 48.8 Å². The van der Waals surface area contributed by atoms with Crippen LogP contribution in [0.3, 0.4) is 0 Å². The molecule has 29 heavy (non-hydrogen) atoms. The number of fused-ring (bicyclic) bond motifs is 2. The van der Waals surface area contributed by atoms with E-state index < -0.39 is 4.92 Å². The van der Waals surface area contributed by atoms with Crippen molar-refractivity contribution in [2.75, 3.05) is 11.1 Å². The lowest BCUT2D eigenvalue weighted by molar-refractivity contribution is -0.384. The lowest BCUT2D eigenvalue weighted by Gasteiger charge is -2.23. The largest absolute Gasteiger partial charge is 0.334 e. The number of aryl methyl sites for hydroxylation is 1. The lowest BCUT2D eigenvalue weighted by atomic mass is 10.1. The minimum atomic E-state index is -0.415. The first-order chi connectivity index (χ1) is 14.0. The number of nitrogens with one attached hydrogen (secondary N) is 1. The van der Waals surface area contributed by atoms with Gasteiger partial charge in [-0.05, 0) is 48.2 Å². The summed E-state index contributed by atoms with van der Waals surface area (Å²) in [6.07, 6.45) is 5.62. The van der Waals surface area contributed by atoms with Crippen molar-refractivity contribution >= 4 is 40.7 Å². The molecule has 0 bridgehead atoms. The summed E-state index contributed by atoms with van der Waals surface area (Å²) in [7, 11) is 0. The van der Waals surface area contributed by atoms with Gasteiger partial charge < -0.3 is 5.32 Å². The molecule has 1 spiro atoms. The van der Waals surface area contributed by atoms with Crippen molar-refractivity contribution in [1.82, 2.24) is 14.8 Å². The zero-order chi connectivity index (χ0) is 20.0. The van der Waals surface area contributed by atoms with Gasteiger partial charge in [-0.15, -0.1) is 23.5 Å². The van der Waals surface area contributed by atoms with Gasteiger partial charge in [0.05, 0.1) is 9.00 Å². The summed E-state index contributed by atoms with van der Waals surface area (Å²) < 4.78 is 1.70. The average molecular weight is 426 g/mol. The molecule has 0 saturated carbocycles. The molecule has 0 radical (unpaired) electrons. The Kier molecular flexibility index (Phi) is 4.51. The molecule has 1 N–H and O–H groups in total. The molecule has 1 fully saturated rings. The highest BCUT2D eigenvalue weighted by Gasteiger charge is 2.45. The van der Waals surface area contributed by atoms with Gasteiger partial charge in [0.25, 0.3) is 0 Å². The second kappa shape index (κ2) is 7.07. The third kappa shape index (κ3) is 3.28. The second-order valence-electron chi connectivity index (χ2n) is 7.23. The third-order valence-electron chi connectivity index (χ3n) is 5.24. The number of nitrogens with zero attached hydrogens (tertiary/aromatic N) is 4. The zero-order valence-corrected chi connectivity index (χ0v) is 17.4. The van der Waals surface area contributed by atoms with Crippen LogP contribution >= 0.6 is 23.5 Å². The van der Waals surface area contributed by atoms with E-state index >= 15 is 0 Å². The van der Waals surface area contributed by atoms with E-state index in [1.807, 2.05) is 29.6 Å². The van der Waals surface area contributed by atoms with Crippen molar-refractivity contribution < 1.29 is 4.92 Å². The molecule has 2 aromatic heterocycles. The Hall–Kier alpha value is -2.52. The van der Waals surface area contributed by atoms with Gasteiger partial charge in [-0.25, -0.2) is 9.67 Å². The van der Waals surface area contributed by atoms with Crippen molar-refractivity contribution in [3.63, 3.8) is 0 Å². The summed E-state index contributed by atoms with van der Waals surface area (Å²) in [5.74, 6) is 1.90. The van der Waals surface area contributed by atoms with Gasteiger partial charge in [0.1, 0.15) is 0 Å². The molecular formula is C20H19N5O2S2. The number of hydrogen-bond acceptors (Lipinski definition) is 7. The quantitative estimate of drug-likeness (QED) is 0.471. The first kappa shape index (κ1) is 18.5. The van der Waals surface area contributed by atoms with Crippen LogP contribution in [0.25, 0.3) is 5.82 Å². The first-order valence-corrected chi connectivity index (χ1v) is 11.3. The fraction of sp³-hybridized carbons (Fsp3) is 0.300. The van der Waals surface area contributed by atoms with E-state index in [2.05, 4.69) is 34.5 Å². The van der Waals surface area contributed by atoms with Gasteiger partial charge in [0.15, 0.2) is 5.82 Å². The smallest absolute Gasteiger partial charge is 0.311 e. The monoisotopic (exact) mass is 425 g/mol. The van der Waals surface area contributed by atoms with Gasteiger partial charge in [-0.1, -0.05) is 13.0 Å². The van der Waals surface area contributed by atoms with Crippen molar-refractivity contribution in [2.24, 2.45) is 0 Å². The van der Waals surface area contributed by atoms with Crippen molar-refractivity contribution in [1.29, 1.82) is 0 Å². The molecule has 1 aliphatic carbocycles. The third-order valence-corrected chi connectivity index (χ3v) is 9.03. The van der Waals surface area contributed by atoms with Crippen LogP contribution in [0, 0.1) is 10.1 Å². The number of benzene rings is 1. The van der Waals surface area contributed by atoms with E-state index in [0.29, 0.717) is 11.1 Å². The van der Waals surface area contributed by atoms with E-state index in [1.165, 1.54) is 17.2 Å². The van der Waals surface area contributed by atoms with Crippen LogP contribution in [0.2, 0.25) is 0 Å². The van der Waals surface area contributed by atoms with E-state index in [9.17, 15) is 10.1 Å². The predicted octanol–water partition coefficient (Wildman–Crippen LogP) is 4.89. The summed E-state index contributed by atoms with van der Waals surface area (Å²) in [4.78, 5) is 15.6. The number of rotatable bonds is 4. The molecule has 9 heteroatoms. The molecular weight excluding hydrogens is 406 g/mol.